The van der Waals surface area contributed by atoms with Gasteiger partial charge in [-0.15, -0.1) is 0 Å². The predicted molar refractivity (Wildman–Crippen MR) is 68.0 cm³/mol. The molecule has 0 radical (unpaired) electrons. The Balaban J connectivity index is 2.00. The van der Waals surface area contributed by atoms with Crippen LogP contribution in [0.1, 0.15) is 46.5 Å². The summed E-state index contributed by atoms with van der Waals surface area (Å²) in [5.74, 6) is 1.92. The average molecular weight is 222 g/mol. The van der Waals surface area contributed by atoms with Crippen molar-refractivity contribution in [1.29, 1.82) is 5.26 Å². The topological polar surface area (TPSA) is 27.0 Å². The Bertz CT molecular complexity index is 252. The highest BCUT2D eigenvalue weighted by Gasteiger charge is 2.32. The van der Waals surface area contributed by atoms with E-state index in [0.29, 0.717) is 0 Å². The van der Waals surface area contributed by atoms with Gasteiger partial charge >= 0.3 is 0 Å². The second-order valence-corrected chi connectivity index (χ2v) is 6.19. The van der Waals surface area contributed by atoms with Crippen LogP contribution < -0.4 is 0 Å². The Morgan fingerprint density at radius 3 is 2.50 bits per heavy atom. The maximum Gasteiger partial charge on any atom is 0.0683 e. The molecule has 0 saturated heterocycles. The average Bonchev–Trinajstić information content (AvgIpc) is 2.89. The number of rotatable bonds is 7. The van der Waals surface area contributed by atoms with E-state index in [9.17, 15) is 0 Å². The van der Waals surface area contributed by atoms with E-state index in [0.717, 1.165) is 18.3 Å². The van der Waals surface area contributed by atoms with Crippen molar-refractivity contribution in [1.82, 2.24) is 4.90 Å². The molecule has 1 fully saturated rings. The Labute approximate surface area is 101 Å². The number of unbranched alkanes of at least 4 members (excludes halogenated alkanes) is 1. The van der Waals surface area contributed by atoms with Crippen molar-refractivity contribution in [3.8, 4) is 6.07 Å². The van der Waals surface area contributed by atoms with E-state index >= 15 is 0 Å². The molecule has 0 amide bonds. The lowest BCUT2D eigenvalue weighted by Crippen LogP contribution is -2.23. The van der Waals surface area contributed by atoms with Gasteiger partial charge in [-0.2, -0.15) is 5.26 Å². The third-order valence-corrected chi connectivity index (χ3v) is 3.72. The van der Waals surface area contributed by atoms with Crippen LogP contribution in [0.2, 0.25) is 0 Å². The second-order valence-electron chi connectivity index (χ2n) is 6.19. The van der Waals surface area contributed by atoms with Crippen molar-refractivity contribution in [2.45, 2.75) is 46.5 Å². The zero-order valence-corrected chi connectivity index (χ0v) is 11.3. The Kier molecular flexibility index (Phi) is 4.80. The van der Waals surface area contributed by atoms with Gasteiger partial charge in [-0.1, -0.05) is 13.3 Å². The van der Waals surface area contributed by atoms with E-state index in [1.807, 2.05) is 13.8 Å². The van der Waals surface area contributed by atoms with Gasteiger partial charge in [0.1, 0.15) is 0 Å². The fraction of sp³-hybridized carbons (Fsp3) is 0.929. The van der Waals surface area contributed by atoms with Gasteiger partial charge in [0.15, 0.2) is 0 Å². The van der Waals surface area contributed by atoms with Crippen LogP contribution in [0.25, 0.3) is 0 Å². The maximum absolute atomic E-state index is 8.90. The normalized spacial score (nSPS) is 24.5. The molecule has 1 rings (SSSR count). The van der Waals surface area contributed by atoms with Crippen molar-refractivity contribution >= 4 is 0 Å². The summed E-state index contributed by atoms with van der Waals surface area (Å²) in [6.07, 6.45) is 4.84. The first-order valence-electron chi connectivity index (χ1n) is 6.54. The molecule has 0 aromatic carbocycles. The highest BCUT2D eigenvalue weighted by atomic mass is 15.1. The minimum absolute atomic E-state index is 0.135. The van der Waals surface area contributed by atoms with E-state index in [2.05, 4.69) is 24.9 Å². The lowest BCUT2D eigenvalue weighted by molar-refractivity contribution is 0.298. The van der Waals surface area contributed by atoms with Gasteiger partial charge in [-0.05, 0) is 58.5 Å². The first-order valence-corrected chi connectivity index (χ1v) is 6.54. The van der Waals surface area contributed by atoms with Crippen LogP contribution >= 0.6 is 0 Å². The number of hydrogen-bond donors (Lipinski definition) is 0. The van der Waals surface area contributed by atoms with Crippen molar-refractivity contribution in [2.24, 2.45) is 17.3 Å². The van der Waals surface area contributed by atoms with Crippen molar-refractivity contribution in [2.75, 3.05) is 20.1 Å². The Hall–Kier alpha value is -0.550. The molecule has 0 N–H and O–H groups in total. The molecule has 92 valence electrons. The summed E-state index contributed by atoms with van der Waals surface area (Å²) in [4.78, 5) is 2.45. The molecule has 0 aromatic rings. The largest absolute Gasteiger partial charge is 0.306 e. The first kappa shape index (κ1) is 13.5. The first-order chi connectivity index (χ1) is 7.44. The van der Waals surface area contributed by atoms with Crippen molar-refractivity contribution in [3.63, 3.8) is 0 Å². The summed E-state index contributed by atoms with van der Waals surface area (Å²) in [6.45, 7) is 8.85. The minimum Gasteiger partial charge on any atom is -0.306 e. The molecule has 0 aromatic heterocycles. The summed E-state index contributed by atoms with van der Waals surface area (Å²) in [5, 5.41) is 8.90. The third-order valence-electron chi connectivity index (χ3n) is 3.72. The van der Waals surface area contributed by atoms with Gasteiger partial charge in [-0.3, -0.25) is 0 Å². The predicted octanol–water partition coefficient (Wildman–Crippen LogP) is 3.29. The molecule has 1 aliphatic carbocycles. The van der Waals surface area contributed by atoms with Crippen molar-refractivity contribution < 1.29 is 0 Å². The van der Waals surface area contributed by atoms with E-state index in [-0.39, 0.29) is 5.41 Å². The standard InChI is InChI=1S/C14H26N2/c1-12-9-13(12)10-16(4)8-6-5-7-14(2,3)11-15/h12-13H,5-10H2,1-4H3. The fourth-order valence-electron chi connectivity index (χ4n) is 2.15. The molecule has 2 atom stereocenters. The molecule has 1 aliphatic rings. The van der Waals surface area contributed by atoms with E-state index in [4.69, 9.17) is 5.26 Å². The lowest BCUT2D eigenvalue weighted by Gasteiger charge is -2.18. The quantitative estimate of drug-likeness (QED) is 0.618. The van der Waals surface area contributed by atoms with Crippen LogP contribution in [0.3, 0.4) is 0 Å². The Morgan fingerprint density at radius 1 is 1.38 bits per heavy atom. The van der Waals surface area contributed by atoms with Gasteiger partial charge in [0, 0.05) is 6.54 Å². The third kappa shape index (κ3) is 4.99. The van der Waals surface area contributed by atoms with Gasteiger partial charge < -0.3 is 4.90 Å². The summed E-state index contributed by atoms with van der Waals surface area (Å²) in [6, 6.07) is 2.36. The maximum atomic E-state index is 8.90. The Morgan fingerprint density at radius 2 is 2.00 bits per heavy atom. The monoisotopic (exact) mass is 222 g/mol. The van der Waals surface area contributed by atoms with Crippen LogP contribution in [-0.2, 0) is 0 Å². The molecule has 0 spiro atoms. The van der Waals surface area contributed by atoms with E-state index in [1.54, 1.807) is 0 Å². The smallest absolute Gasteiger partial charge is 0.0683 e. The van der Waals surface area contributed by atoms with Crippen LogP contribution in [0.15, 0.2) is 0 Å². The van der Waals surface area contributed by atoms with Gasteiger partial charge in [0.05, 0.1) is 11.5 Å². The van der Waals surface area contributed by atoms with Crippen LogP contribution in [0.5, 0.6) is 0 Å². The summed E-state index contributed by atoms with van der Waals surface area (Å²) in [5.41, 5.74) is -0.135. The van der Waals surface area contributed by atoms with Gasteiger partial charge in [0.25, 0.3) is 0 Å². The molecule has 2 unspecified atom stereocenters. The van der Waals surface area contributed by atoms with Crippen LogP contribution in [0.4, 0.5) is 0 Å². The fourth-order valence-corrected chi connectivity index (χ4v) is 2.15. The molecule has 1 saturated carbocycles. The molecule has 0 heterocycles. The molecule has 2 nitrogen and oxygen atoms in total. The zero-order chi connectivity index (χ0) is 12.2. The molecular weight excluding hydrogens is 196 g/mol. The molecule has 0 aliphatic heterocycles. The second kappa shape index (κ2) is 5.68. The summed E-state index contributed by atoms with van der Waals surface area (Å²) in [7, 11) is 2.22. The van der Waals surface area contributed by atoms with Gasteiger partial charge in [0.2, 0.25) is 0 Å². The highest BCUT2D eigenvalue weighted by molar-refractivity contribution is 4.91. The lowest BCUT2D eigenvalue weighted by atomic mass is 9.89. The van der Waals surface area contributed by atoms with Crippen LogP contribution in [0, 0.1) is 28.6 Å². The number of nitriles is 1. The number of nitrogens with zero attached hydrogens (tertiary/aromatic N) is 2. The van der Waals surface area contributed by atoms with Gasteiger partial charge in [-0.25, -0.2) is 0 Å². The molecule has 2 heteroatoms. The molecule has 0 bridgehead atoms. The minimum atomic E-state index is -0.135. The van der Waals surface area contributed by atoms with E-state index in [1.165, 1.54) is 32.4 Å². The summed E-state index contributed by atoms with van der Waals surface area (Å²) < 4.78 is 0. The SMILES string of the molecule is CC1CC1CN(C)CCCCC(C)(C)C#N. The summed E-state index contributed by atoms with van der Waals surface area (Å²) >= 11 is 0. The number of hydrogen-bond acceptors (Lipinski definition) is 2. The zero-order valence-electron chi connectivity index (χ0n) is 11.3. The molecular formula is C14H26N2. The van der Waals surface area contributed by atoms with Crippen LogP contribution in [-0.4, -0.2) is 25.0 Å². The highest BCUT2D eigenvalue weighted by Crippen LogP contribution is 2.37. The van der Waals surface area contributed by atoms with Crippen molar-refractivity contribution in [3.05, 3.63) is 0 Å². The molecule has 16 heavy (non-hydrogen) atoms. The van der Waals surface area contributed by atoms with E-state index < -0.39 is 0 Å².